The van der Waals surface area contributed by atoms with Crippen molar-refractivity contribution >= 4 is 11.9 Å². The maximum atomic E-state index is 7.29. The lowest BCUT2D eigenvalue weighted by atomic mass is 10.0. The third-order valence-corrected chi connectivity index (χ3v) is 2.55. The minimum atomic E-state index is 0. The number of rotatable bonds is 3. The van der Waals surface area contributed by atoms with Gasteiger partial charge in [-0.1, -0.05) is 6.07 Å². The molecule has 2 aromatic rings. The Bertz CT molecular complexity index is 558. The van der Waals surface area contributed by atoms with Crippen LogP contribution in [0.25, 0.3) is 11.1 Å². The lowest BCUT2D eigenvalue weighted by molar-refractivity contribution is 0.416. The maximum Gasteiger partial charge on any atom is 0.129 e. The van der Waals surface area contributed by atoms with Crippen LogP contribution in [0.1, 0.15) is 6.99 Å². The van der Waals surface area contributed by atoms with E-state index in [2.05, 4.69) is 4.98 Å². The highest BCUT2D eigenvalue weighted by Crippen LogP contribution is 2.30. The number of hydrogen-bond acceptors (Lipinski definition) is 4. The van der Waals surface area contributed by atoms with Crippen LogP contribution < -0.4 is 10.5 Å². The Morgan fingerprint density at radius 1 is 1.41 bits per heavy atom. The molecular formula is C13H15N3O. The number of nitrogen functional groups attached to an aromatic ring is 1. The number of benzene rings is 1. The van der Waals surface area contributed by atoms with Gasteiger partial charge in [-0.2, -0.15) is 0 Å². The number of nitrogens with zero attached hydrogens (tertiary/aromatic N) is 1. The third-order valence-electron chi connectivity index (χ3n) is 2.55. The van der Waals surface area contributed by atoms with Gasteiger partial charge in [0, 0.05) is 36.8 Å². The number of methoxy groups -OCH3 is 1. The first-order chi connectivity index (χ1) is 8.26. The molecule has 1 heterocycles. The Morgan fingerprint density at radius 3 is 2.94 bits per heavy atom. The molecule has 1 aromatic heterocycles. The van der Waals surface area contributed by atoms with Crippen molar-refractivity contribution in [2.45, 2.75) is 0 Å². The summed E-state index contributed by atoms with van der Waals surface area (Å²) in [7, 11) is 1.62. The van der Waals surface area contributed by atoms with Crippen molar-refractivity contribution in [1.29, 1.82) is 5.41 Å². The molecule has 0 unspecified atom stereocenters. The molecule has 0 amide bonds. The number of hydrogen-bond donors (Lipinski definition) is 2. The molecule has 3 N–H and O–H groups in total. The summed E-state index contributed by atoms with van der Waals surface area (Å²) in [5.41, 5.74) is 8.85. The van der Waals surface area contributed by atoms with E-state index in [1.807, 2.05) is 12.1 Å². The summed E-state index contributed by atoms with van der Waals surface area (Å²) in [6.45, 7) is 0. The van der Waals surface area contributed by atoms with Crippen molar-refractivity contribution in [1.82, 2.24) is 4.98 Å². The highest BCUT2D eigenvalue weighted by atomic mass is 16.5. The van der Waals surface area contributed by atoms with E-state index in [9.17, 15) is 0 Å². The predicted octanol–water partition coefficient (Wildman–Crippen LogP) is 2.58. The quantitative estimate of drug-likeness (QED) is 0.627. The highest BCUT2D eigenvalue weighted by Gasteiger charge is 2.07. The number of pyridine rings is 1. The van der Waals surface area contributed by atoms with Crippen LogP contribution in [0.5, 0.6) is 5.75 Å². The zero-order valence-electron chi connectivity index (χ0n) is 9.47. The van der Waals surface area contributed by atoms with Gasteiger partial charge in [-0.05, 0) is 23.8 Å². The van der Waals surface area contributed by atoms with Gasteiger partial charge < -0.3 is 15.9 Å². The topological polar surface area (TPSA) is 72.0 Å². The number of nitrogens with two attached hydrogens (primary N) is 1. The normalized spacial score (nSPS) is 9.94. The first-order valence-electron chi connectivity index (χ1n) is 5.14. The standard InChI is InChI=1S/C13H13N3O.H2/c1-17-13-4-5-16-8-11(13)9-2-3-12(15)10(6-9)7-14;/h2-8,14H,15H2,1H3;1H. The monoisotopic (exact) mass is 229 g/mol. The van der Waals surface area contributed by atoms with Gasteiger partial charge in [0.2, 0.25) is 0 Å². The molecule has 17 heavy (non-hydrogen) atoms. The van der Waals surface area contributed by atoms with E-state index in [0.29, 0.717) is 11.3 Å². The van der Waals surface area contributed by atoms with Crippen LogP contribution in [-0.4, -0.2) is 18.3 Å². The van der Waals surface area contributed by atoms with Crippen molar-refractivity contribution in [3.8, 4) is 16.9 Å². The molecule has 88 valence electrons. The van der Waals surface area contributed by atoms with Gasteiger partial charge in [0.15, 0.2) is 0 Å². The SMILES string of the molecule is COc1ccncc1-c1ccc(N)c(C=N)c1.[HH]. The second-order valence-electron chi connectivity index (χ2n) is 3.56. The summed E-state index contributed by atoms with van der Waals surface area (Å²) in [5, 5.41) is 7.29. The summed E-state index contributed by atoms with van der Waals surface area (Å²) < 4.78 is 5.28. The van der Waals surface area contributed by atoms with E-state index >= 15 is 0 Å². The number of anilines is 1. The van der Waals surface area contributed by atoms with Crippen LogP contribution in [0.2, 0.25) is 0 Å². The second kappa shape index (κ2) is 4.65. The second-order valence-corrected chi connectivity index (χ2v) is 3.56. The van der Waals surface area contributed by atoms with E-state index in [0.717, 1.165) is 16.9 Å². The average molecular weight is 229 g/mol. The molecule has 1 aromatic carbocycles. The number of nitrogens with one attached hydrogen (secondary N) is 1. The van der Waals surface area contributed by atoms with Crippen molar-refractivity contribution in [2.75, 3.05) is 12.8 Å². The van der Waals surface area contributed by atoms with Crippen LogP contribution in [0.4, 0.5) is 5.69 Å². The Morgan fingerprint density at radius 2 is 2.24 bits per heavy atom. The lowest BCUT2D eigenvalue weighted by Crippen LogP contribution is -1.94. The first-order valence-corrected chi connectivity index (χ1v) is 5.14. The predicted molar refractivity (Wildman–Crippen MR) is 70.6 cm³/mol. The van der Waals surface area contributed by atoms with Gasteiger partial charge in [-0.15, -0.1) is 0 Å². The molecule has 0 aliphatic carbocycles. The molecular weight excluding hydrogens is 214 g/mol. The van der Waals surface area contributed by atoms with Crippen molar-refractivity contribution < 1.29 is 6.16 Å². The highest BCUT2D eigenvalue weighted by molar-refractivity contribution is 5.88. The molecule has 0 spiro atoms. The smallest absolute Gasteiger partial charge is 0.129 e. The zero-order chi connectivity index (χ0) is 12.3. The third kappa shape index (κ3) is 2.10. The van der Waals surface area contributed by atoms with E-state index in [-0.39, 0.29) is 1.43 Å². The lowest BCUT2D eigenvalue weighted by Gasteiger charge is -2.09. The van der Waals surface area contributed by atoms with Gasteiger partial charge in [0.05, 0.1) is 7.11 Å². The van der Waals surface area contributed by atoms with Gasteiger partial charge in [-0.3, -0.25) is 4.98 Å². The molecule has 0 saturated carbocycles. The summed E-state index contributed by atoms with van der Waals surface area (Å²) in [4.78, 5) is 4.08. The minimum Gasteiger partial charge on any atom is -0.496 e. The van der Waals surface area contributed by atoms with Crippen molar-refractivity contribution in [2.24, 2.45) is 0 Å². The van der Waals surface area contributed by atoms with Crippen LogP contribution in [-0.2, 0) is 0 Å². The van der Waals surface area contributed by atoms with E-state index in [1.54, 1.807) is 31.6 Å². The van der Waals surface area contributed by atoms with Crippen LogP contribution in [0.3, 0.4) is 0 Å². The molecule has 0 atom stereocenters. The molecule has 0 fully saturated rings. The molecule has 0 saturated heterocycles. The van der Waals surface area contributed by atoms with E-state index in [4.69, 9.17) is 15.9 Å². The Hall–Kier alpha value is -2.36. The molecule has 0 bridgehead atoms. The molecule has 0 aliphatic rings. The molecule has 2 rings (SSSR count). The minimum absolute atomic E-state index is 0. The van der Waals surface area contributed by atoms with Crippen LogP contribution in [0.15, 0.2) is 36.7 Å². The fourth-order valence-corrected chi connectivity index (χ4v) is 1.64. The first kappa shape index (κ1) is 11.1. The molecule has 0 aliphatic heterocycles. The summed E-state index contributed by atoms with van der Waals surface area (Å²) in [6, 6.07) is 7.32. The van der Waals surface area contributed by atoms with Crippen LogP contribution in [0, 0.1) is 5.41 Å². The Kier molecular flexibility index (Phi) is 3.05. The molecule has 0 radical (unpaired) electrons. The zero-order valence-corrected chi connectivity index (χ0v) is 9.47. The van der Waals surface area contributed by atoms with E-state index in [1.165, 1.54) is 6.21 Å². The maximum absolute atomic E-state index is 7.29. The Balaban J connectivity index is 0.00000162. The molecule has 4 nitrogen and oxygen atoms in total. The molecule has 4 heteroatoms. The van der Waals surface area contributed by atoms with Gasteiger partial charge in [0.25, 0.3) is 0 Å². The fraction of sp³-hybridized carbons (Fsp3) is 0.0769. The average Bonchev–Trinajstić information content (AvgIpc) is 2.39. The van der Waals surface area contributed by atoms with Crippen molar-refractivity contribution in [3.05, 3.63) is 42.2 Å². The Labute approximate surface area is 101 Å². The summed E-state index contributed by atoms with van der Waals surface area (Å²) in [6.07, 6.45) is 4.65. The number of aromatic nitrogens is 1. The summed E-state index contributed by atoms with van der Waals surface area (Å²) >= 11 is 0. The van der Waals surface area contributed by atoms with E-state index < -0.39 is 0 Å². The largest absolute Gasteiger partial charge is 0.496 e. The van der Waals surface area contributed by atoms with Crippen LogP contribution >= 0.6 is 0 Å². The number of ether oxygens (including phenoxy) is 1. The van der Waals surface area contributed by atoms with Gasteiger partial charge in [0.1, 0.15) is 5.75 Å². The summed E-state index contributed by atoms with van der Waals surface area (Å²) in [5.74, 6) is 0.751. The fourth-order valence-electron chi connectivity index (χ4n) is 1.64. The van der Waals surface area contributed by atoms with Gasteiger partial charge in [-0.25, -0.2) is 0 Å². The van der Waals surface area contributed by atoms with Crippen molar-refractivity contribution in [3.63, 3.8) is 0 Å². The van der Waals surface area contributed by atoms with Gasteiger partial charge >= 0.3 is 0 Å².